The maximum Gasteiger partial charge on any atom is 0.194 e. The number of aryl methyl sites for hydroxylation is 1. The first-order chi connectivity index (χ1) is 9.74. The lowest BCUT2D eigenvalue weighted by molar-refractivity contribution is -0.0447. The lowest BCUT2D eigenvalue weighted by atomic mass is 10.3. The van der Waals surface area contributed by atoms with Gasteiger partial charge in [0, 0.05) is 46.2 Å². The SMILES string of the molecule is CN=C(NCc1cccn1C)N1CCOC(COC)C1.I. The Kier molecular flexibility index (Phi) is 8.05. The number of hydrogen-bond acceptors (Lipinski definition) is 3. The van der Waals surface area contributed by atoms with E-state index >= 15 is 0 Å². The fourth-order valence-electron chi connectivity index (χ4n) is 2.38. The van der Waals surface area contributed by atoms with E-state index in [2.05, 4.69) is 25.8 Å². The molecule has 0 aliphatic carbocycles. The molecule has 1 aliphatic heterocycles. The van der Waals surface area contributed by atoms with Crippen LogP contribution in [0.3, 0.4) is 0 Å². The second kappa shape index (κ2) is 9.26. The third-order valence-electron chi connectivity index (χ3n) is 3.48. The first-order valence-electron chi connectivity index (χ1n) is 6.91. The zero-order valence-corrected chi connectivity index (χ0v) is 15.2. The predicted octanol–water partition coefficient (Wildman–Crippen LogP) is 1.07. The summed E-state index contributed by atoms with van der Waals surface area (Å²) in [5.74, 6) is 0.913. The Bertz CT molecular complexity index is 448. The predicted molar refractivity (Wildman–Crippen MR) is 94.2 cm³/mol. The van der Waals surface area contributed by atoms with Gasteiger partial charge in [0.25, 0.3) is 0 Å². The minimum Gasteiger partial charge on any atom is -0.382 e. The van der Waals surface area contributed by atoms with E-state index in [4.69, 9.17) is 9.47 Å². The minimum absolute atomic E-state index is 0. The van der Waals surface area contributed by atoms with E-state index < -0.39 is 0 Å². The highest BCUT2D eigenvalue weighted by Crippen LogP contribution is 2.06. The van der Waals surface area contributed by atoms with E-state index in [0.717, 1.165) is 25.6 Å². The maximum absolute atomic E-state index is 5.66. The number of methoxy groups -OCH3 is 1. The van der Waals surface area contributed by atoms with Crippen molar-refractivity contribution < 1.29 is 9.47 Å². The van der Waals surface area contributed by atoms with Crippen LogP contribution in [-0.2, 0) is 23.1 Å². The minimum atomic E-state index is 0. The molecule has 1 aliphatic rings. The molecule has 0 radical (unpaired) electrons. The van der Waals surface area contributed by atoms with Crippen molar-refractivity contribution in [3.63, 3.8) is 0 Å². The molecule has 0 saturated carbocycles. The van der Waals surface area contributed by atoms with Crippen LogP contribution >= 0.6 is 24.0 Å². The highest BCUT2D eigenvalue weighted by Gasteiger charge is 2.22. The molecule has 1 aromatic rings. The van der Waals surface area contributed by atoms with Gasteiger partial charge in [0.05, 0.1) is 25.9 Å². The van der Waals surface area contributed by atoms with Gasteiger partial charge >= 0.3 is 0 Å². The van der Waals surface area contributed by atoms with Crippen LogP contribution in [0.15, 0.2) is 23.3 Å². The monoisotopic (exact) mass is 408 g/mol. The van der Waals surface area contributed by atoms with Crippen molar-refractivity contribution in [2.24, 2.45) is 12.0 Å². The average Bonchev–Trinajstić information content (AvgIpc) is 2.86. The number of nitrogens with zero attached hydrogens (tertiary/aromatic N) is 3. The van der Waals surface area contributed by atoms with E-state index in [-0.39, 0.29) is 30.1 Å². The summed E-state index contributed by atoms with van der Waals surface area (Å²) in [4.78, 5) is 6.58. The Morgan fingerprint density at radius 3 is 3.00 bits per heavy atom. The standard InChI is InChI=1S/C14H24N4O2.HI/c1-15-14(16-9-12-5-4-6-17(12)2)18-7-8-20-13(10-18)11-19-3;/h4-6,13H,7-11H2,1-3H3,(H,15,16);1H. The van der Waals surface area contributed by atoms with E-state index in [9.17, 15) is 0 Å². The number of ether oxygens (including phenoxy) is 2. The van der Waals surface area contributed by atoms with Gasteiger partial charge < -0.3 is 24.3 Å². The summed E-state index contributed by atoms with van der Waals surface area (Å²) in [6.07, 6.45) is 2.16. The number of halogens is 1. The molecular weight excluding hydrogens is 383 g/mol. The lowest BCUT2D eigenvalue weighted by Crippen LogP contribution is -2.51. The van der Waals surface area contributed by atoms with Crippen LogP contribution in [0.4, 0.5) is 0 Å². The van der Waals surface area contributed by atoms with E-state index in [1.165, 1.54) is 5.69 Å². The van der Waals surface area contributed by atoms with Gasteiger partial charge in [-0.3, -0.25) is 4.99 Å². The van der Waals surface area contributed by atoms with Gasteiger partial charge in [0.1, 0.15) is 0 Å². The molecule has 6 nitrogen and oxygen atoms in total. The number of guanidine groups is 1. The van der Waals surface area contributed by atoms with Crippen molar-refractivity contribution in [1.29, 1.82) is 0 Å². The van der Waals surface area contributed by atoms with Gasteiger partial charge in [-0.15, -0.1) is 24.0 Å². The summed E-state index contributed by atoms with van der Waals surface area (Å²) < 4.78 is 12.9. The summed E-state index contributed by atoms with van der Waals surface area (Å²) >= 11 is 0. The molecule has 0 spiro atoms. The molecule has 2 rings (SSSR count). The second-order valence-corrected chi connectivity index (χ2v) is 4.91. The molecule has 21 heavy (non-hydrogen) atoms. The molecule has 7 heteroatoms. The third-order valence-corrected chi connectivity index (χ3v) is 3.48. The largest absolute Gasteiger partial charge is 0.382 e. The van der Waals surface area contributed by atoms with Crippen LogP contribution in [-0.4, -0.2) is 62.0 Å². The molecule has 1 saturated heterocycles. The fraction of sp³-hybridized carbons (Fsp3) is 0.643. The van der Waals surface area contributed by atoms with Gasteiger partial charge in [-0.2, -0.15) is 0 Å². The quantitative estimate of drug-likeness (QED) is 0.460. The second-order valence-electron chi connectivity index (χ2n) is 4.91. The molecule has 1 unspecified atom stereocenters. The highest BCUT2D eigenvalue weighted by atomic mass is 127. The van der Waals surface area contributed by atoms with Gasteiger partial charge in [0.2, 0.25) is 0 Å². The number of nitrogens with one attached hydrogen (secondary N) is 1. The Morgan fingerprint density at radius 1 is 1.57 bits per heavy atom. The van der Waals surface area contributed by atoms with Gasteiger partial charge in [-0.25, -0.2) is 0 Å². The first kappa shape index (κ1) is 18.2. The molecule has 2 heterocycles. The lowest BCUT2D eigenvalue weighted by Gasteiger charge is -2.34. The molecule has 0 amide bonds. The van der Waals surface area contributed by atoms with Crippen molar-refractivity contribution >= 4 is 29.9 Å². The zero-order valence-electron chi connectivity index (χ0n) is 12.9. The van der Waals surface area contributed by atoms with Gasteiger partial charge in [0.15, 0.2) is 5.96 Å². The highest BCUT2D eigenvalue weighted by molar-refractivity contribution is 14.0. The molecular formula is C14H25IN4O2. The van der Waals surface area contributed by atoms with Crippen LogP contribution in [0.25, 0.3) is 0 Å². The summed E-state index contributed by atoms with van der Waals surface area (Å²) in [5.41, 5.74) is 1.23. The summed E-state index contributed by atoms with van der Waals surface area (Å²) in [5, 5.41) is 3.40. The number of morpholine rings is 1. The molecule has 120 valence electrons. The van der Waals surface area contributed by atoms with Crippen LogP contribution in [0.1, 0.15) is 5.69 Å². The Hall–Kier alpha value is -0.800. The number of aliphatic imine (C=N–C) groups is 1. The van der Waals surface area contributed by atoms with E-state index in [1.807, 2.05) is 26.4 Å². The number of hydrogen-bond donors (Lipinski definition) is 1. The zero-order chi connectivity index (χ0) is 14.4. The summed E-state index contributed by atoms with van der Waals surface area (Å²) in [6, 6.07) is 4.15. The smallest absolute Gasteiger partial charge is 0.194 e. The molecule has 0 aromatic carbocycles. The summed E-state index contributed by atoms with van der Waals surface area (Å²) in [7, 11) is 5.56. The summed E-state index contributed by atoms with van der Waals surface area (Å²) in [6.45, 7) is 3.75. The number of aromatic nitrogens is 1. The van der Waals surface area contributed by atoms with Crippen molar-refractivity contribution in [3.8, 4) is 0 Å². The molecule has 1 aromatic heterocycles. The first-order valence-corrected chi connectivity index (χ1v) is 6.91. The fourth-order valence-corrected chi connectivity index (χ4v) is 2.38. The van der Waals surface area contributed by atoms with Gasteiger partial charge in [-0.1, -0.05) is 0 Å². The topological polar surface area (TPSA) is 51.0 Å². The molecule has 1 N–H and O–H groups in total. The van der Waals surface area contributed by atoms with Crippen molar-refractivity contribution in [3.05, 3.63) is 24.0 Å². The van der Waals surface area contributed by atoms with Crippen LogP contribution < -0.4 is 5.32 Å². The van der Waals surface area contributed by atoms with Crippen LogP contribution in [0.5, 0.6) is 0 Å². The molecule has 1 atom stereocenters. The van der Waals surface area contributed by atoms with Crippen molar-refractivity contribution in [1.82, 2.24) is 14.8 Å². The van der Waals surface area contributed by atoms with Crippen molar-refractivity contribution in [2.75, 3.05) is 40.5 Å². The Morgan fingerprint density at radius 2 is 2.38 bits per heavy atom. The van der Waals surface area contributed by atoms with Gasteiger partial charge in [-0.05, 0) is 12.1 Å². The van der Waals surface area contributed by atoms with E-state index in [1.54, 1.807) is 7.11 Å². The molecule has 1 fully saturated rings. The normalized spacial score (nSPS) is 19.3. The Balaban J connectivity index is 0.00000220. The average molecular weight is 408 g/mol. The van der Waals surface area contributed by atoms with Crippen LogP contribution in [0.2, 0.25) is 0 Å². The molecule has 0 bridgehead atoms. The maximum atomic E-state index is 5.66. The Labute approximate surface area is 143 Å². The number of rotatable bonds is 4. The van der Waals surface area contributed by atoms with Crippen LogP contribution in [0, 0.1) is 0 Å². The van der Waals surface area contributed by atoms with E-state index in [0.29, 0.717) is 13.2 Å². The van der Waals surface area contributed by atoms with Crippen molar-refractivity contribution in [2.45, 2.75) is 12.6 Å². The third kappa shape index (κ3) is 5.15.